The molecule has 10 nitrogen and oxygen atoms in total. The number of carbonyl (C=O) groups excluding carboxylic acids is 1. The summed E-state index contributed by atoms with van der Waals surface area (Å²) >= 11 is 0. The first-order valence-corrected chi connectivity index (χ1v) is 8.00. The second-order valence-corrected chi connectivity index (χ2v) is 6.18. The van der Waals surface area contributed by atoms with Crippen molar-refractivity contribution < 1.29 is 4.79 Å². The molecule has 2 aliphatic rings. The fraction of sp³-hybridized carbons (Fsp3) is 0.571. The van der Waals surface area contributed by atoms with E-state index < -0.39 is 0 Å². The molecule has 2 aromatic rings. The third kappa shape index (κ3) is 2.34. The number of nitrogens with zero attached hydrogens (tertiary/aromatic N) is 9. The molecule has 1 amide bonds. The van der Waals surface area contributed by atoms with Gasteiger partial charge >= 0.3 is 0 Å². The molecule has 1 atom stereocenters. The minimum absolute atomic E-state index is 0.0584. The van der Waals surface area contributed by atoms with Gasteiger partial charge in [-0.25, -0.2) is 4.68 Å². The molecule has 2 aliphatic heterocycles. The van der Waals surface area contributed by atoms with E-state index in [0.717, 1.165) is 30.7 Å². The van der Waals surface area contributed by atoms with Crippen molar-refractivity contribution in [2.45, 2.75) is 38.9 Å². The van der Waals surface area contributed by atoms with E-state index in [-0.39, 0.29) is 11.9 Å². The fourth-order valence-electron chi connectivity index (χ4n) is 3.39. The maximum Gasteiger partial charge on any atom is 0.253 e. The normalized spacial score (nSPS) is 20.7. The second-order valence-electron chi connectivity index (χ2n) is 6.18. The van der Waals surface area contributed by atoms with Crippen LogP contribution in [0.1, 0.15) is 19.8 Å². The Morgan fingerprint density at radius 2 is 2.25 bits per heavy atom. The fourth-order valence-corrected chi connectivity index (χ4v) is 3.39. The molecule has 0 saturated carbocycles. The molecule has 1 fully saturated rings. The van der Waals surface area contributed by atoms with E-state index in [9.17, 15) is 4.79 Å². The summed E-state index contributed by atoms with van der Waals surface area (Å²) in [6.45, 7) is 3.78. The topological polar surface area (TPSA) is 97.9 Å². The van der Waals surface area contributed by atoms with Gasteiger partial charge in [0.25, 0.3) is 5.91 Å². The lowest BCUT2D eigenvalue weighted by Gasteiger charge is -2.31. The minimum Gasteiger partial charge on any atom is -0.334 e. The Hall–Kier alpha value is -2.78. The SMILES string of the molecule is CC1=C(C(=O)N2CCC[C@H]2Cn2ccnn2)Cn2nnnc2N1C. The monoisotopic (exact) mass is 329 g/mol. The first-order chi connectivity index (χ1) is 11.6. The Labute approximate surface area is 138 Å². The van der Waals surface area contributed by atoms with Crippen LogP contribution in [0.2, 0.25) is 0 Å². The summed E-state index contributed by atoms with van der Waals surface area (Å²) in [6, 6.07) is 0.139. The number of likely N-dealkylation sites (tertiary alicyclic amines) is 1. The van der Waals surface area contributed by atoms with Crippen LogP contribution in [0.3, 0.4) is 0 Å². The van der Waals surface area contributed by atoms with Gasteiger partial charge in [0.15, 0.2) is 0 Å². The van der Waals surface area contributed by atoms with E-state index in [0.29, 0.717) is 19.0 Å². The molecule has 0 bridgehead atoms. The van der Waals surface area contributed by atoms with E-state index in [1.165, 1.54) is 0 Å². The molecule has 0 spiro atoms. The van der Waals surface area contributed by atoms with Crippen molar-refractivity contribution in [1.29, 1.82) is 0 Å². The third-order valence-electron chi connectivity index (χ3n) is 4.83. The summed E-state index contributed by atoms with van der Waals surface area (Å²) in [4.78, 5) is 16.9. The molecule has 0 radical (unpaired) electrons. The molecule has 4 heterocycles. The maximum atomic E-state index is 13.1. The first kappa shape index (κ1) is 14.8. The third-order valence-corrected chi connectivity index (χ3v) is 4.83. The van der Waals surface area contributed by atoms with Gasteiger partial charge < -0.3 is 9.80 Å². The van der Waals surface area contributed by atoms with Crippen LogP contribution >= 0.6 is 0 Å². The molecule has 126 valence electrons. The quantitative estimate of drug-likeness (QED) is 0.761. The van der Waals surface area contributed by atoms with Crippen LogP contribution in [-0.2, 0) is 17.9 Å². The second kappa shape index (κ2) is 5.69. The van der Waals surface area contributed by atoms with Crippen LogP contribution < -0.4 is 4.90 Å². The number of hydrogen-bond acceptors (Lipinski definition) is 7. The minimum atomic E-state index is 0.0584. The van der Waals surface area contributed by atoms with Gasteiger partial charge in [-0.1, -0.05) is 10.3 Å². The summed E-state index contributed by atoms with van der Waals surface area (Å²) in [5.41, 5.74) is 1.64. The Kier molecular flexibility index (Phi) is 3.51. The Morgan fingerprint density at radius 3 is 3.04 bits per heavy atom. The molecule has 24 heavy (non-hydrogen) atoms. The van der Waals surface area contributed by atoms with Crippen molar-refractivity contribution >= 4 is 11.9 Å². The van der Waals surface area contributed by atoms with Gasteiger partial charge in [0.1, 0.15) is 0 Å². The molecular weight excluding hydrogens is 310 g/mol. The molecular formula is C14H19N9O. The molecule has 0 unspecified atom stereocenters. The highest BCUT2D eigenvalue weighted by atomic mass is 16.2. The van der Waals surface area contributed by atoms with Gasteiger partial charge in [-0.15, -0.1) is 5.10 Å². The van der Waals surface area contributed by atoms with Crippen molar-refractivity contribution in [3.63, 3.8) is 0 Å². The van der Waals surface area contributed by atoms with Gasteiger partial charge in [-0.2, -0.15) is 0 Å². The zero-order chi connectivity index (χ0) is 16.7. The summed E-state index contributed by atoms with van der Waals surface area (Å²) in [5.74, 6) is 0.716. The number of amides is 1. The molecule has 2 aromatic heterocycles. The standard InChI is InChI=1S/C14H19N9O/c1-10-12(9-23-14(20(10)2)16-17-19-23)13(24)22-6-3-4-11(22)8-21-7-5-15-18-21/h5,7,11H,3-4,6,8-9H2,1-2H3/t11-/m0/s1. The van der Waals surface area contributed by atoms with Crippen molar-refractivity contribution in [3.8, 4) is 0 Å². The first-order valence-electron chi connectivity index (χ1n) is 8.00. The number of aromatic nitrogens is 7. The molecule has 0 aliphatic carbocycles. The van der Waals surface area contributed by atoms with Gasteiger partial charge in [0.05, 0.1) is 30.9 Å². The summed E-state index contributed by atoms with van der Waals surface area (Å²) in [7, 11) is 1.88. The number of carbonyl (C=O) groups is 1. The highest BCUT2D eigenvalue weighted by molar-refractivity contribution is 5.95. The van der Waals surface area contributed by atoms with Crippen LogP contribution in [0.4, 0.5) is 5.95 Å². The van der Waals surface area contributed by atoms with E-state index in [2.05, 4.69) is 25.8 Å². The smallest absolute Gasteiger partial charge is 0.253 e. The van der Waals surface area contributed by atoms with E-state index in [1.54, 1.807) is 15.6 Å². The van der Waals surface area contributed by atoms with Crippen LogP contribution in [-0.4, -0.2) is 65.6 Å². The van der Waals surface area contributed by atoms with Gasteiger partial charge in [0, 0.05) is 25.5 Å². The molecule has 4 rings (SSSR count). The molecule has 0 N–H and O–H groups in total. The predicted molar refractivity (Wildman–Crippen MR) is 83.7 cm³/mol. The largest absolute Gasteiger partial charge is 0.334 e. The van der Waals surface area contributed by atoms with E-state index in [4.69, 9.17) is 0 Å². The molecule has 1 saturated heterocycles. The summed E-state index contributed by atoms with van der Waals surface area (Å²) in [6.07, 6.45) is 5.46. The average Bonchev–Trinajstić information content (AvgIpc) is 3.32. The zero-order valence-corrected chi connectivity index (χ0v) is 13.7. The summed E-state index contributed by atoms with van der Waals surface area (Å²) in [5, 5.41) is 19.5. The van der Waals surface area contributed by atoms with Crippen LogP contribution in [0, 0.1) is 0 Å². The number of hydrogen-bond donors (Lipinski definition) is 0. The van der Waals surface area contributed by atoms with Crippen molar-refractivity contribution in [2.24, 2.45) is 0 Å². The number of tetrazole rings is 1. The van der Waals surface area contributed by atoms with Crippen molar-refractivity contribution in [1.82, 2.24) is 40.1 Å². The zero-order valence-electron chi connectivity index (χ0n) is 13.7. The molecule has 10 heteroatoms. The Balaban J connectivity index is 1.57. The lowest BCUT2D eigenvalue weighted by Crippen LogP contribution is -2.42. The van der Waals surface area contributed by atoms with Gasteiger partial charge in [-0.05, 0) is 30.2 Å². The average molecular weight is 329 g/mol. The van der Waals surface area contributed by atoms with E-state index >= 15 is 0 Å². The lowest BCUT2D eigenvalue weighted by molar-refractivity contribution is -0.128. The van der Waals surface area contributed by atoms with E-state index in [1.807, 2.05) is 30.0 Å². The lowest BCUT2D eigenvalue weighted by atomic mass is 10.1. The van der Waals surface area contributed by atoms with Crippen LogP contribution in [0.25, 0.3) is 0 Å². The summed E-state index contributed by atoms with van der Waals surface area (Å²) < 4.78 is 3.44. The van der Waals surface area contributed by atoms with Gasteiger partial charge in [0.2, 0.25) is 5.95 Å². The predicted octanol–water partition coefficient (Wildman–Crippen LogP) is -0.320. The van der Waals surface area contributed by atoms with Crippen LogP contribution in [0.15, 0.2) is 23.7 Å². The highest BCUT2D eigenvalue weighted by Gasteiger charge is 2.34. The number of anilines is 1. The number of rotatable bonds is 3. The Bertz CT molecular complexity index is 778. The number of fused-ring (bicyclic) bond motifs is 1. The maximum absolute atomic E-state index is 13.1. The van der Waals surface area contributed by atoms with Crippen LogP contribution in [0.5, 0.6) is 0 Å². The Morgan fingerprint density at radius 1 is 1.38 bits per heavy atom. The van der Waals surface area contributed by atoms with Crippen molar-refractivity contribution in [2.75, 3.05) is 18.5 Å². The van der Waals surface area contributed by atoms with Crippen molar-refractivity contribution in [3.05, 3.63) is 23.7 Å². The van der Waals surface area contributed by atoms with Gasteiger partial charge in [-0.3, -0.25) is 9.48 Å². The molecule has 0 aromatic carbocycles. The highest BCUT2D eigenvalue weighted by Crippen LogP contribution is 2.27. The number of allylic oxidation sites excluding steroid dienone is 1.